The van der Waals surface area contributed by atoms with Gasteiger partial charge in [0.05, 0.1) is 30.5 Å². The number of imidazole rings is 1. The second kappa shape index (κ2) is 18.8. The van der Waals surface area contributed by atoms with Crippen LogP contribution >= 0.6 is 0 Å². The largest absolute Gasteiger partial charge is 0.500 e. The molecule has 0 unspecified atom stereocenters. The number of rotatable bonds is 7. The molecule has 341 valence electrons. The molecule has 0 saturated heterocycles. The fourth-order valence-corrected chi connectivity index (χ4v) is 11.5. The van der Waals surface area contributed by atoms with Gasteiger partial charge in [0.1, 0.15) is 5.58 Å². The fraction of sp³-hybridized carbons (Fsp3) is 0.322. The van der Waals surface area contributed by atoms with Crippen molar-refractivity contribution in [2.75, 3.05) is 0 Å². The van der Waals surface area contributed by atoms with Gasteiger partial charge in [0.25, 0.3) is 0 Å². The van der Waals surface area contributed by atoms with Crippen LogP contribution in [0.3, 0.4) is 0 Å². The van der Waals surface area contributed by atoms with Gasteiger partial charge in [0.2, 0.25) is 0 Å². The maximum Gasteiger partial charge on any atom is 0.128 e. The summed E-state index contributed by atoms with van der Waals surface area (Å²) in [6, 6.07) is 43.4. The molecule has 3 heterocycles. The average molecular weight is 1070 g/mol. The van der Waals surface area contributed by atoms with Crippen molar-refractivity contribution in [2.24, 2.45) is 0 Å². The van der Waals surface area contributed by atoms with Crippen LogP contribution in [-0.4, -0.2) is 22.6 Å². The normalized spacial score (nSPS) is 14.5. The predicted molar refractivity (Wildman–Crippen MR) is 274 cm³/mol. The zero-order valence-corrected chi connectivity index (χ0v) is 43.5. The minimum Gasteiger partial charge on any atom is -0.500 e. The van der Waals surface area contributed by atoms with Gasteiger partial charge in [-0.3, -0.25) is 9.37 Å². The van der Waals surface area contributed by atoms with Crippen molar-refractivity contribution in [3.05, 3.63) is 156 Å². The first kappa shape index (κ1) is 45.9. The molecule has 1 fully saturated rings. The van der Waals surface area contributed by atoms with Crippen molar-refractivity contribution in [3.63, 3.8) is 0 Å². The van der Waals surface area contributed by atoms with Gasteiger partial charge in [-0.05, 0) is 86.6 Å². The number of furan rings is 1. The molecule has 0 spiro atoms. The molecule has 1 aliphatic carbocycles. The Bertz CT molecular complexity index is 3210. The maximum atomic E-state index is 13.0. The Kier molecular flexibility index (Phi) is 13.1. The Morgan fingerprint density at radius 2 is 1.48 bits per heavy atom. The summed E-state index contributed by atoms with van der Waals surface area (Å²) in [5.41, 5.74) is 12.6. The Balaban J connectivity index is 0.000000234. The standard InChI is InChI=1S/C41H39N2O.C18H23FNSi.Ir/c1-25(2)30-14-10-15-31(26(3)4)38(30)43-37-19-9-8-18-36(37)42-41(43)35-17-11-16-33-34-23-21-29-24-28(27-12-6-5-7-13-27)20-22-32(29)39(34)44-40(33)35;1-18(2,3)15-11-16(13-7-9-14(19)10-8-13)20-12-17(15)21(4,5)6;/h8-11,14-16,18-27H,5-7,12-13H2,1-4H3;7,9-12H,1-6H3;/q2*-1;/i27D;;. The summed E-state index contributed by atoms with van der Waals surface area (Å²) in [5, 5.41) is 5.75. The number of nitrogens with zero attached hydrogens (tertiary/aromatic N) is 3. The monoisotopic (exact) mass is 1070 g/mol. The number of para-hydroxylation sites is 3. The Morgan fingerprint density at radius 1 is 0.788 bits per heavy atom. The van der Waals surface area contributed by atoms with E-state index in [0.717, 1.165) is 97.6 Å². The van der Waals surface area contributed by atoms with Crippen LogP contribution in [0.5, 0.6) is 0 Å². The summed E-state index contributed by atoms with van der Waals surface area (Å²) < 4.78 is 31.5. The summed E-state index contributed by atoms with van der Waals surface area (Å²) in [6.45, 7) is 22.7. The van der Waals surface area contributed by atoms with Crippen LogP contribution in [-0.2, 0) is 25.5 Å². The molecule has 1 radical (unpaired) electrons. The van der Waals surface area contributed by atoms with Gasteiger partial charge in [0.15, 0.2) is 0 Å². The third kappa shape index (κ3) is 9.11. The molecule has 3 aromatic heterocycles. The quantitative estimate of drug-likeness (QED) is 0.118. The van der Waals surface area contributed by atoms with Crippen LogP contribution in [0, 0.1) is 17.9 Å². The Labute approximate surface area is 406 Å². The topological polar surface area (TPSA) is 43.9 Å². The first-order valence-electron chi connectivity index (χ1n) is 24.0. The molecule has 0 amide bonds. The smallest absolute Gasteiger partial charge is 0.128 e. The van der Waals surface area contributed by atoms with Gasteiger partial charge < -0.3 is 14.0 Å². The summed E-state index contributed by atoms with van der Waals surface area (Å²) in [6.07, 6.45) is 7.39. The summed E-state index contributed by atoms with van der Waals surface area (Å²) in [7, 11) is -1.45. The van der Waals surface area contributed by atoms with E-state index in [0.29, 0.717) is 11.8 Å². The molecule has 10 rings (SSSR count). The van der Waals surface area contributed by atoms with Crippen molar-refractivity contribution in [3.8, 4) is 28.3 Å². The van der Waals surface area contributed by atoms with Crippen molar-refractivity contribution < 1.29 is 30.3 Å². The molecule has 0 bridgehead atoms. The van der Waals surface area contributed by atoms with E-state index >= 15 is 0 Å². The molecule has 0 N–H and O–H groups in total. The Hall–Kier alpha value is -5.20. The number of halogens is 1. The van der Waals surface area contributed by atoms with Crippen LogP contribution < -0.4 is 5.19 Å². The fourth-order valence-electron chi connectivity index (χ4n) is 9.76. The second-order valence-corrected chi connectivity index (χ2v) is 25.7. The molecule has 0 aliphatic heterocycles. The first-order valence-corrected chi connectivity index (χ1v) is 27.0. The number of hydrogen-bond donors (Lipinski definition) is 0. The molecule has 4 nitrogen and oxygen atoms in total. The molecule has 9 aromatic rings. The van der Waals surface area contributed by atoms with Gasteiger partial charge in [-0.25, -0.2) is 0 Å². The minimum atomic E-state index is -1.45. The van der Waals surface area contributed by atoms with E-state index in [9.17, 15) is 5.76 Å². The van der Waals surface area contributed by atoms with Crippen molar-refractivity contribution >= 4 is 57.0 Å². The van der Waals surface area contributed by atoms with E-state index in [1.807, 2.05) is 12.3 Å². The van der Waals surface area contributed by atoms with Crippen LogP contribution in [0.2, 0.25) is 19.6 Å². The zero-order valence-electron chi connectivity index (χ0n) is 41.1. The molecular formula is C59H62FIrN3OSi-2. The van der Waals surface area contributed by atoms with Gasteiger partial charge in [-0.15, -0.1) is 48.0 Å². The van der Waals surface area contributed by atoms with Crippen LogP contribution in [0.15, 0.2) is 120 Å². The molecule has 7 heteroatoms. The van der Waals surface area contributed by atoms with Gasteiger partial charge >= 0.3 is 0 Å². The van der Waals surface area contributed by atoms with E-state index in [1.165, 1.54) is 46.1 Å². The molecule has 1 aliphatic rings. The Morgan fingerprint density at radius 3 is 2.15 bits per heavy atom. The molecule has 0 atom stereocenters. The zero-order chi connectivity index (χ0) is 46.7. The summed E-state index contributed by atoms with van der Waals surface area (Å²) in [4.78, 5) is 9.86. The third-order valence-corrected chi connectivity index (χ3v) is 15.2. The van der Waals surface area contributed by atoms with Crippen LogP contribution in [0.25, 0.3) is 72.1 Å². The summed E-state index contributed by atoms with van der Waals surface area (Å²) in [5.74, 6) is 0.764. The molecule has 66 heavy (non-hydrogen) atoms. The predicted octanol–water partition coefficient (Wildman–Crippen LogP) is 16.4. The van der Waals surface area contributed by atoms with Crippen LogP contribution in [0.4, 0.5) is 4.39 Å². The number of hydrogen-bond acceptors (Lipinski definition) is 3. The number of benzene rings is 6. The van der Waals surface area contributed by atoms with E-state index in [4.69, 9.17) is 9.40 Å². The third-order valence-electron chi connectivity index (χ3n) is 13.2. The van der Waals surface area contributed by atoms with Crippen molar-refractivity contribution in [2.45, 2.75) is 123 Å². The SMILES string of the molecule is CC(C)(C)c1cc(-c2[c-]cc(F)cc2)ncc1[Si](C)(C)C.[2H]C1(c2ccc3c(ccc4c5cc[c-]c(-c6nc7ccccc7n6-c6c(C(C)C)cccc6C(C)C)c5oc34)c2)CCCCC1.[Ir]. The number of pyridine rings is 1. The minimum absolute atomic E-state index is 0. The molecule has 1 saturated carbocycles. The van der Waals surface area contributed by atoms with E-state index in [2.05, 4.69) is 175 Å². The van der Waals surface area contributed by atoms with Crippen molar-refractivity contribution in [1.29, 1.82) is 0 Å². The first-order chi connectivity index (χ1) is 31.4. The van der Waals surface area contributed by atoms with E-state index in [1.54, 1.807) is 6.07 Å². The van der Waals surface area contributed by atoms with Gasteiger partial charge in [-0.1, -0.05) is 165 Å². The van der Waals surface area contributed by atoms with E-state index < -0.39 is 14.0 Å². The van der Waals surface area contributed by atoms with Crippen LogP contribution in [0.1, 0.15) is 122 Å². The van der Waals surface area contributed by atoms with Gasteiger partial charge in [-0.2, -0.15) is 0 Å². The molecular weight excluding hydrogens is 1010 g/mol. The van der Waals surface area contributed by atoms with Gasteiger partial charge in [0, 0.05) is 50.0 Å². The number of aromatic nitrogens is 3. The second-order valence-electron chi connectivity index (χ2n) is 20.6. The number of fused-ring (bicyclic) bond motifs is 6. The summed E-state index contributed by atoms with van der Waals surface area (Å²) >= 11 is 0. The van der Waals surface area contributed by atoms with Crippen molar-refractivity contribution in [1.82, 2.24) is 14.5 Å². The average Bonchev–Trinajstić information content (AvgIpc) is 3.88. The van der Waals surface area contributed by atoms with E-state index in [-0.39, 0.29) is 31.3 Å². The maximum absolute atomic E-state index is 13.0. The molecule has 6 aromatic carbocycles.